The van der Waals surface area contributed by atoms with Crippen LogP contribution in [-0.4, -0.2) is 4.98 Å². The summed E-state index contributed by atoms with van der Waals surface area (Å²) < 4.78 is 39.2. The summed E-state index contributed by atoms with van der Waals surface area (Å²) in [5, 5.41) is 2.49. The van der Waals surface area contributed by atoms with Gasteiger partial charge < -0.3 is 5.73 Å². The molecule has 0 aliphatic rings. The number of thiazole rings is 1. The van der Waals surface area contributed by atoms with E-state index in [1.165, 1.54) is 11.3 Å². The molecule has 0 radical (unpaired) electrons. The zero-order valence-electron chi connectivity index (χ0n) is 8.66. The average molecular weight is 258 g/mol. The number of rotatable bonds is 3. The zero-order valence-corrected chi connectivity index (χ0v) is 9.48. The lowest BCUT2D eigenvalue weighted by Gasteiger charge is -2.11. The van der Waals surface area contributed by atoms with Gasteiger partial charge in [0.05, 0.1) is 5.01 Å². The molecular formula is C11H9F3N2S. The first-order valence-electron chi connectivity index (χ1n) is 4.87. The predicted octanol–water partition coefficient (Wildman–Crippen LogP) is 2.80. The Morgan fingerprint density at radius 1 is 1.24 bits per heavy atom. The van der Waals surface area contributed by atoms with Crippen LogP contribution in [0.4, 0.5) is 13.2 Å². The van der Waals surface area contributed by atoms with Crippen molar-refractivity contribution in [3.8, 4) is 0 Å². The highest BCUT2D eigenvalue weighted by Gasteiger charge is 2.19. The van der Waals surface area contributed by atoms with Crippen LogP contribution in [-0.2, 0) is 6.42 Å². The maximum absolute atomic E-state index is 13.4. The molecule has 0 fully saturated rings. The summed E-state index contributed by atoms with van der Waals surface area (Å²) in [7, 11) is 0. The van der Waals surface area contributed by atoms with Crippen LogP contribution in [0.3, 0.4) is 0 Å². The molecule has 0 saturated carbocycles. The van der Waals surface area contributed by atoms with Crippen LogP contribution in [0.2, 0.25) is 0 Å². The molecule has 1 aromatic carbocycles. The highest BCUT2D eigenvalue weighted by Crippen LogP contribution is 2.23. The lowest BCUT2D eigenvalue weighted by Crippen LogP contribution is -2.16. The van der Waals surface area contributed by atoms with Gasteiger partial charge in [0, 0.05) is 29.6 Å². The van der Waals surface area contributed by atoms with Gasteiger partial charge in [0.1, 0.15) is 0 Å². The standard InChI is InChI=1S/C11H9F3N2S/c12-7-2-1-6(10(13)11(7)14)8(15)5-9-16-3-4-17-9/h1-4,8H,5,15H2. The second kappa shape index (κ2) is 4.85. The van der Waals surface area contributed by atoms with Gasteiger partial charge in [0.2, 0.25) is 0 Å². The molecule has 17 heavy (non-hydrogen) atoms. The third-order valence-corrected chi connectivity index (χ3v) is 3.14. The van der Waals surface area contributed by atoms with Gasteiger partial charge in [0.15, 0.2) is 17.5 Å². The quantitative estimate of drug-likeness (QED) is 0.860. The summed E-state index contributed by atoms with van der Waals surface area (Å²) in [6.07, 6.45) is 1.90. The Morgan fingerprint density at radius 2 is 2.00 bits per heavy atom. The number of hydrogen-bond donors (Lipinski definition) is 1. The summed E-state index contributed by atoms with van der Waals surface area (Å²) in [5.74, 6) is -3.93. The predicted molar refractivity (Wildman–Crippen MR) is 59.1 cm³/mol. The Balaban J connectivity index is 2.25. The minimum atomic E-state index is -1.49. The maximum Gasteiger partial charge on any atom is 0.194 e. The number of hydrogen-bond acceptors (Lipinski definition) is 3. The molecule has 1 aromatic heterocycles. The van der Waals surface area contributed by atoms with Crippen LogP contribution in [0.25, 0.3) is 0 Å². The number of aromatic nitrogens is 1. The summed E-state index contributed by atoms with van der Waals surface area (Å²) in [5.41, 5.74) is 5.70. The van der Waals surface area contributed by atoms with Crippen molar-refractivity contribution in [1.29, 1.82) is 0 Å². The van der Waals surface area contributed by atoms with Crippen molar-refractivity contribution in [1.82, 2.24) is 4.98 Å². The van der Waals surface area contributed by atoms with E-state index < -0.39 is 23.5 Å². The summed E-state index contributed by atoms with van der Waals surface area (Å²) >= 11 is 1.38. The topological polar surface area (TPSA) is 38.9 Å². The van der Waals surface area contributed by atoms with Gasteiger partial charge >= 0.3 is 0 Å². The van der Waals surface area contributed by atoms with Crippen molar-refractivity contribution in [3.05, 3.63) is 51.7 Å². The van der Waals surface area contributed by atoms with Gasteiger partial charge in [-0.15, -0.1) is 11.3 Å². The lowest BCUT2D eigenvalue weighted by molar-refractivity contribution is 0.435. The molecule has 0 amide bonds. The van der Waals surface area contributed by atoms with Gasteiger partial charge in [-0.1, -0.05) is 6.07 Å². The van der Waals surface area contributed by atoms with Crippen LogP contribution in [0, 0.1) is 17.5 Å². The van der Waals surface area contributed by atoms with E-state index in [0.717, 1.165) is 17.1 Å². The number of halogens is 3. The van der Waals surface area contributed by atoms with Gasteiger partial charge in [-0.3, -0.25) is 0 Å². The molecule has 0 aliphatic carbocycles. The van der Waals surface area contributed by atoms with E-state index in [1.807, 2.05) is 0 Å². The number of nitrogens with two attached hydrogens (primary N) is 1. The minimum Gasteiger partial charge on any atom is -0.324 e. The molecular weight excluding hydrogens is 249 g/mol. The van der Waals surface area contributed by atoms with Crippen LogP contribution < -0.4 is 5.73 Å². The fourth-order valence-electron chi connectivity index (χ4n) is 1.48. The first-order chi connectivity index (χ1) is 8.09. The van der Waals surface area contributed by atoms with Crippen LogP contribution in [0.15, 0.2) is 23.7 Å². The summed E-state index contributed by atoms with van der Waals surface area (Å²) in [6.45, 7) is 0. The second-order valence-corrected chi connectivity index (χ2v) is 4.48. The molecule has 2 nitrogen and oxygen atoms in total. The van der Waals surface area contributed by atoms with Crippen molar-refractivity contribution >= 4 is 11.3 Å². The van der Waals surface area contributed by atoms with Crippen molar-refractivity contribution in [2.24, 2.45) is 5.73 Å². The van der Waals surface area contributed by atoms with E-state index >= 15 is 0 Å². The van der Waals surface area contributed by atoms with E-state index in [9.17, 15) is 13.2 Å². The zero-order chi connectivity index (χ0) is 12.4. The lowest BCUT2D eigenvalue weighted by atomic mass is 10.0. The van der Waals surface area contributed by atoms with Gasteiger partial charge in [-0.25, -0.2) is 18.2 Å². The molecule has 6 heteroatoms. The van der Waals surface area contributed by atoms with E-state index in [1.54, 1.807) is 11.6 Å². The van der Waals surface area contributed by atoms with Crippen molar-refractivity contribution in [2.75, 3.05) is 0 Å². The van der Waals surface area contributed by atoms with E-state index in [2.05, 4.69) is 4.98 Å². The Hall–Kier alpha value is -1.40. The Morgan fingerprint density at radius 3 is 2.65 bits per heavy atom. The van der Waals surface area contributed by atoms with Crippen LogP contribution in [0.5, 0.6) is 0 Å². The Kier molecular flexibility index (Phi) is 3.44. The van der Waals surface area contributed by atoms with Gasteiger partial charge in [0.25, 0.3) is 0 Å². The molecule has 2 N–H and O–H groups in total. The SMILES string of the molecule is NC(Cc1nccs1)c1ccc(F)c(F)c1F. The van der Waals surface area contributed by atoms with Crippen molar-refractivity contribution in [2.45, 2.75) is 12.5 Å². The maximum atomic E-state index is 13.4. The first-order valence-corrected chi connectivity index (χ1v) is 5.75. The smallest absolute Gasteiger partial charge is 0.194 e. The van der Waals surface area contributed by atoms with Crippen molar-refractivity contribution in [3.63, 3.8) is 0 Å². The molecule has 2 aromatic rings. The monoisotopic (exact) mass is 258 g/mol. The molecule has 0 spiro atoms. The minimum absolute atomic E-state index is 0.0425. The van der Waals surface area contributed by atoms with E-state index in [-0.39, 0.29) is 5.56 Å². The highest BCUT2D eigenvalue weighted by atomic mass is 32.1. The average Bonchev–Trinajstić information content (AvgIpc) is 2.78. The fraction of sp³-hybridized carbons (Fsp3) is 0.182. The molecule has 0 aliphatic heterocycles. The van der Waals surface area contributed by atoms with E-state index in [0.29, 0.717) is 6.42 Å². The van der Waals surface area contributed by atoms with Gasteiger partial charge in [-0.05, 0) is 6.07 Å². The third kappa shape index (κ3) is 2.48. The normalized spacial score (nSPS) is 12.7. The van der Waals surface area contributed by atoms with Gasteiger partial charge in [-0.2, -0.15) is 0 Å². The molecule has 90 valence electrons. The molecule has 1 heterocycles. The van der Waals surface area contributed by atoms with Crippen LogP contribution in [0.1, 0.15) is 16.6 Å². The summed E-state index contributed by atoms with van der Waals surface area (Å²) in [4.78, 5) is 4.00. The Bertz CT molecular complexity index is 514. The molecule has 2 rings (SSSR count). The third-order valence-electron chi connectivity index (χ3n) is 2.34. The second-order valence-electron chi connectivity index (χ2n) is 3.50. The Labute approximate surface area is 99.9 Å². The first kappa shape index (κ1) is 12.1. The molecule has 0 saturated heterocycles. The fourth-order valence-corrected chi connectivity index (χ4v) is 2.16. The van der Waals surface area contributed by atoms with Crippen LogP contribution >= 0.6 is 11.3 Å². The molecule has 1 unspecified atom stereocenters. The number of nitrogens with zero attached hydrogens (tertiary/aromatic N) is 1. The summed E-state index contributed by atoms with van der Waals surface area (Å²) in [6, 6.07) is 1.29. The molecule has 0 bridgehead atoms. The molecule has 1 atom stereocenters. The van der Waals surface area contributed by atoms with E-state index in [4.69, 9.17) is 5.73 Å². The number of benzene rings is 1. The highest BCUT2D eigenvalue weighted by molar-refractivity contribution is 7.09. The van der Waals surface area contributed by atoms with Crippen molar-refractivity contribution < 1.29 is 13.2 Å². The largest absolute Gasteiger partial charge is 0.324 e.